The van der Waals surface area contributed by atoms with E-state index in [1.807, 2.05) is 38.1 Å². The molecule has 1 aliphatic rings. The fraction of sp³-hybridized carbons (Fsp3) is 0.500. The summed E-state index contributed by atoms with van der Waals surface area (Å²) in [6, 6.07) is 9.37. The molecule has 0 saturated heterocycles. The van der Waals surface area contributed by atoms with Gasteiger partial charge in [-0.1, -0.05) is 52.8 Å². The van der Waals surface area contributed by atoms with E-state index in [-0.39, 0.29) is 29.5 Å². The number of rotatable bonds is 10. The molecular weight excluding hydrogens is 486 g/mol. The van der Waals surface area contributed by atoms with Gasteiger partial charge in [0.25, 0.3) is 5.91 Å². The van der Waals surface area contributed by atoms with Crippen molar-refractivity contribution in [2.75, 3.05) is 7.05 Å². The van der Waals surface area contributed by atoms with Gasteiger partial charge in [0.15, 0.2) is 11.9 Å². The molecule has 0 bridgehead atoms. The highest BCUT2D eigenvalue weighted by Crippen LogP contribution is 2.32. The Morgan fingerprint density at radius 3 is 2.58 bits per heavy atom. The molecule has 0 saturated carbocycles. The van der Waals surface area contributed by atoms with Crippen molar-refractivity contribution >= 4 is 17.8 Å². The second kappa shape index (κ2) is 12.6. The van der Waals surface area contributed by atoms with E-state index in [0.717, 1.165) is 30.4 Å². The minimum Gasteiger partial charge on any atom is -0.459 e. The number of aromatic amines is 1. The van der Waals surface area contributed by atoms with Crippen LogP contribution in [0.1, 0.15) is 89.0 Å². The van der Waals surface area contributed by atoms with Gasteiger partial charge in [-0.05, 0) is 43.2 Å². The van der Waals surface area contributed by atoms with Crippen LogP contribution in [-0.4, -0.2) is 46.0 Å². The van der Waals surface area contributed by atoms with Crippen molar-refractivity contribution in [2.45, 2.75) is 79.0 Å². The molecule has 1 aliphatic heterocycles. The van der Waals surface area contributed by atoms with Crippen LogP contribution in [0, 0.1) is 5.41 Å². The predicted octanol–water partition coefficient (Wildman–Crippen LogP) is 4.59. The van der Waals surface area contributed by atoms with Crippen molar-refractivity contribution in [2.24, 2.45) is 5.41 Å². The maximum atomic E-state index is 12.5. The first-order chi connectivity index (χ1) is 18.0. The Morgan fingerprint density at radius 1 is 1.16 bits per heavy atom. The molecule has 3 N–H and O–H groups in total. The van der Waals surface area contributed by atoms with Gasteiger partial charge < -0.3 is 19.8 Å². The predicted molar refractivity (Wildman–Crippen MR) is 143 cm³/mol. The summed E-state index contributed by atoms with van der Waals surface area (Å²) in [4.78, 5) is 43.7. The lowest BCUT2D eigenvalue weighted by molar-refractivity contribution is -0.158. The molecule has 0 spiro atoms. The Morgan fingerprint density at radius 2 is 1.89 bits per heavy atom. The third kappa shape index (κ3) is 7.84. The fourth-order valence-corrected chi connectivity index (χ4v) is 4.07. The van der Waals surface area contributed by atoms with Crippen molar-refractivity contribution in [3.63, 3.8) is 0 Å². The van der Waals surface area contributed by atoms with E-state index in [4.69, 9.17) is 9.57 Å². The minimum absolute atomic E-state index is 0.0345. The van der Waals surface area contributed by atoms with Crippen LogP contribution in [0.25, 0.3) is 11.3 Å². The van der Waals surface area contributed by atoms with Gasteiger partial charge in [0.2, 0.25) is 5.76 Å². The van der Waals surface area contributed by atoms with Gasteiger partial charge in [0.1, 0.15) is 0 Å². The summed E-state index contributed by atoms with van der Waals surface area (Å²) in [5, 5.41) is 10.1. The lowest BCUT2D eigenvalue weighted by Gasteiger charge is -2.20. The number of ether oxygens (including phenoxy) is 1. The number of nitrogens with zero attached hydrogens (tertiary/aromatic N) is 2. The Labute approximate surface area is 224 Å². The van der Waals surface area contributed by atoms with Crippen LogP contribution in [0.4, 0.5) is 0 Å². The Hall–Kier alpha value is -3.82. The first kappa shape index (κ1) is 28.7. The lowest BCUT2D eigenvalue weighted by Crippen LogP contribution is -2.33. The van der Waals surface area contributed by atoms with Crippen LogP contribution in [0.3, 0.4) is 0 Å². The van der Waals surface area contributed by atoms with Crippen LogP contribution in [0.5, 0.6) is 0 Å². The van der Waals surface area contributed by atoms with Gasteiger partial charge >= 0.3 is 11.9 Å². The summed E-state index contributed by atoms with van der Waals surface area (Å²) in [5.41, 5.74) is 4.92. The van der Waals surface area contributed by atoms with Gasteiger partial charge in [-0.15, -0.1) is 0 Å². The van der Waals surface area contributed by atoms with Gasteiger partial charge in [0, 0.05) is 30.6 Å². The Bertz CT molecular complexity index is 1160. The lowest BCUT2D eigenvalue weighted by atomic mass is 9.90. The normalized spacial score (nSPS) is 15.2. The summed E-state index contributed by atoms with van der Waals surface area (Å²) in [6.07, 6.45) is 4.48. The molecular formula is C28H39N5O5. The molecule has 38 heavy (non-hydrogen) atoms. The van der Waals surface area contributed by atoms with E-state index in [2.05, 4.69) is 41.8 Å². The molecule has 1 atom stereocenters. The molecule has 1 aromatic heterocycles. The minimum atomic E-state index is -0.638. The average molecular weight is 526 g/mol. The van der Waals surface area contributed by atoms with Gasteiger partial charge in [-0.3, -0.25) is 14.7 Å². The number of hydroxylamine groups is 1. The number of amides is 2. The van der Waals surface area contributed by atoms with Gasteiger partial charge in [0.05, 0.1) is 11.9 Å². The summed E-state index contributed by atoms with van der Waals surface area (Å²) in [6.45, 7) is 10.4. The number of hydrogen-bond acceptors (Lipinski definition) is 7. The van der Waals surface area contributed by atoms with E-state index in [0.29, 0.717) is 17.8 Å². The Balaban J connectivity index is 1.58. The standard InChI is InChI=1S/C28H39N5O5/c1-7-20(8-2)29-25(35)22-16-21(30-31-22)18-11-9-12-19(15-18)27-33(6)17-23(37-27)26(36)32-38-24(34)13-10-14-28(3,4)5/h9,11-12,15-17,20,27H,7-8,10,13-14H2,1-6H3,(H,29,35)(H,30,31)(H,32,36)/t27-/m0/s1. The second-order valence-corrected chi connectivity index (χ2v) is 10.7. The van der Waals surface area contributed by atoms with Crippen molar-refractivity contribution in [3.05, 3.63) is 53.5 Å². The van der Waals surface area contributed by atoms with Crippen molar-refractivity contribution in [1.29, 1.82) is 0 Å². The number of H-pyrrole nitrogens is 1. The largest absolute Gasteiger partial charge is 0.459 e. The van der Waals surface area contributed by atoms with Crippen LogP contribution >= 0.6 is 0 Å². The van der Waals surface area contributed by atoms with E-state index < -0.39 is 18.1 Å². The molecule has 0 fully saturated rings. The maximum Gasteiger partial charge on any atom is 0.332 e. The Kier molecular flexibility index (Phi) is 9.55. The molecule has 10 heteroatoms. The van der Waals surface area contributed by atoms with E-state index in [9.17, 15) is 14.4 Å². The van der Waals surface area contributed by atoms with Crippen LogP contribution in [-0.2, 0) is 19.2 Å². The van der Waals surface area contributed by atoms with Crippen molar-refractivity contribution in [1.82, 2.24) is 25.9 Å². The molecule has 2 aromatic rings. The molecule has 2 heterocycles. The first-order valence-electron chi connectivity index (χ1n) is 13.1. The summed E-state index contributed by atoms with van der Waals surface area (Å²) in [5.74, 6) is -1.31. The maximum absolute atomic E-state index is 12.5. The molecule has 1 aromatic carbocycles. The van der Waals surface area contributed by atoms with E-state index in [1.165, 1.54) is 0 Å². The molecule has 3 rings (SSSR count). The molecule has 0 unspecified atom stereocenters. The zero-order valence-corrected chi connectivity index (χ0v) is 23.1. The van der Waals surface area contributed by atoms with Crippen LogP contribution < -0.4 is 10.8 Å². The number of hydrogen-bond donors (Lipinski definition) is 3. The number of carbonyl (C=O) groups is 3. The molecule has 2 amide bonds. The molecule has 206 valence electrons. The van der Waals surface area contributed by atoms with Gasteiger partial charge in [-0.2, -0.15) is 10.6 Å². The van der Waals surface area contributed by atoms with Gasteiger partial charge in [-0.25, -0.2) is 4.79 Å². The molecule has 10 nitrogen and oxygen atoms in total. The van der Waals surface area contributed by atoms with Crippen molar-refractivity contribution in [3.8, 4) is 11.3 Å². The second-order valence-electron chi connectivity index (χ2n) is 10.7. The highest BCUT2D eigenvalue weighted by Gasteiger charge is 2.29. The van der Waals surface area contributed by atoms with Crippen molar-refractivity contribution < 1.29 is 24.0 Å². The summed E-state index contributed by atoms with van der Waals surface area (Å²) >= 11 is 0. The molecule has 0 radical (unpaired) electrons. The van der Waals surface area contributed by atoms with E-state index in [1.54, 1.807) is 24.2 Å². The van der Waals surface area contributed by atoms with Crippen LogP contribution in [0.15, 0.2) is 42.3 Å². The fourth-order valence-electron chi connectivity index (χ4n) is 4.07. The monoisotopic (exact) mass is 525 g/mol. The highest BCUT2D eigenvalue weighted by molar-refractivity contribution is 5.93. The number of benzene rings is 1. The topological polar surface area (TPSA) is 126 Å². The third-order valence-corrected chi connectivity index (χ3v) is 6.33. The average Bonchev–Trinajstić information content (AvgIpc) is 3.52. The summed E-state index contributed by atoms with van der Waals surface area (Å²) < 4.78 is 5.88. The summed E-state index contributed by atoms with van der Waals surface area (Å²) in [7, 11) is 1.78. The zero-order valence-electron chi connectivity index (χ0n) is 23.1. The quantitative estimate of drug-likeness (QED) is 0.388. The smallest absolute Gasteiger partial charge is 0.332 e. The van der Waals surface area contributed by atoms with Crippen LogP contribution in [0.2, 0.25) is 0 Å². The third-order valence-electron chi connectivity index (χ3n) is 6.33. The molecule has 0 aliphatic carbocycles. The SMILES string of the molecule is CCC(CC)NC(=O)c1cc(-c2cccc([C@@H]3OC(C(=O)NOC(=O)CCCC(C)(C)C)=CN3C)c2)[nH]n1. The number of nitrogens with one attached hydrogen (secondary N) is 3. The highest BCUT2D eigenvalue weighted by atomic mass is 16.7. The zero-order chi connectivity index (χ0) is 27.9. The first-order valence-corrected chi connectivity index (χ1v) is 13.1. The van der Waals surface area contributed by atoms with E-state index >= 15 is 0 Å². The number of aromatic nitrogens is 2. The number of carbonyl (C=O) groups excluding carboxylic acids is 3.